The van der Waals surface area contributed by atoms with Crippen LogP contribution in [-0.4, -0.2) is 57.5 Å². The zero-order valence-electron chi connectivity index (χ0n) is 14.2. The van der Waals surface area contributed by atoms with Gasteiger partial charge in [-0.3, -0.25) is 9.69 Å². The van der Waals surface area contributed by atoms with Crippen molar-refractivity contribution < 1.29 is 19.7 Å². The van der Waals surface area contributed by atoms with Crippen molar-refractivity contribution in [3.63, 3.8) is 0 Å². The van der Waals surface area contributed by atoms with Gasteiger partial charge < -0.3 is 14.9 Å². The van der Waals surface area contributed by atoms with Crippen LogP contribution in [0.2, 0.25) is 0 Å². The van der Waals surface area contributed by atoms with Gasteiger partial charge in [0, 0.05) is 18.8 Å². The summed E-state index contributed by atoms with van der Waals surface area (Å²) in [6.07, 6.45) is 4.59. The molecule has 1 spiro atoms. The molecular formula is C18H29NO4. The lowest BCUT2D eigenvalue weighted by atomic mass is 9.45. The fourth-order valence-corrected chi connectivity index (χ4v) is 6.68. The van der Waals surface area contributed by atoms with Gasteiger partial charge in [-0.15, -0.1) is 0 Å². The Balaban J connectivity index is 1.83. The molecular weight excluding hydrogens is 294 g/mol. The number of hydrogen-bond donors (Lipinski definition) is 2. The molecule has 2 aliphatic carbocycles. The molecule has 0 aromatic heterocycles. The van der Waals surface area contributed by atoms with E-state index in [2.05, 4.69) is 11.8 Å². The van der Waals surface area contributed by atoms with Gasteiger partial charge in [-0.2, -0.15) is 0 Å². The summed E-state index contributed by atoms with van der Waals surface area (Å²) in [5.41, 5.74) is -1.15. The first kappa shape index (κ1) is 15.9. The number of nitrogens with zero attached hydrogens (tertiary/aromatic N) is 1. The average molecular weight is 323 g/mol. The van der Waals surface area contributed by atoms with E-state index in [0.29, 0.717) is 6.42 Å². The number of esters is 1. The predicted molar refractivity (Wildman–Crippen MR) is 84.7 cm³/mol. The van der Waals surface area contributed by atoms with Crippen LogP contribution in [0.4, 0.5) is 0 Å². The second-order valence-corrected chi connectivity index (χ2v) is 8.35. The first-order chi connectivity index (χ1) is 10.9. The molecule has 5 heteroatoms. The minimum Gasteiger partial charge on any atom is -0.462 e. The largest absolute Gasteiger partial charge is 0.462 e. The Morgan fingerprint density at radius 1 is 1.26 bits per heavy atom. The number of ether oxygens (including phenoxy) is 1. The van der Waals surface area contributed by atoms with Gasteiger partial charge in [-0.1, -0.05) is 6.92 Å². The Hall–Kier alpha value is -0.650. The van der Waals surface area contributed by atoms with Gasteiger partial charge in [0.1, 0.15) is 6.10 Å². The molecule has 0 aromatic carbocycles. The van der Waals surface area contributed by atoms with Gasteiger partial charge in [-0.05, 0) is 57.5 Å². The van der Waals surface area contributed by atoms with Crippen LogP contribution in [0.5, 0.6) is 0 Å². The molecule has 0 aromatic rings. The van der Waals surface area contributed by atoms with Crippen molar-refractivity contribution in [2.45, 2.75) is 75.7 Å². The SMILES string of the molecule is CC(=O)OC1C[C@@H]2[C@H](O)[C@@H](C)C[C@@]34[C@@H]1CCCN3CCC[C@]24O. The number of aliphatic hydroxyl groups is 2. The third-order valence-corrected chi connectivity index (χ3v) is 7.35. The molecule has 5 nitrogen and oxygen atoms in total. The van der Waals surface area contributed by atoms with Crippen LogP contribution in [0.3, 0.4) is 0 Å². The number of carbonyl (C=O) groups is 1. The minimum atomic E-state index is -0.834. The van der Waals surface area contributed by atoms with E-state index in [-0.39, 0.29) is 35.4 Å². The van der Waals surface area contributed by atoms with Crippen molar-refractivity contribution in [2.24, 2.45) is 17.8 Å². The average Bonchev–Trinajstić information content (AvgIpc) is 2.48. The summed E-state index contributed by atoms with van der Waals surface area (Å²) in [4.78, 5) is 14.1. The molecule has 2 bridgehead atoms. The van der Waals surface area contributed by atoms with Crippen LogP contribution >= 0.6 is 0 Å². The van der Waals surface area contributed by atoms with E-state index in [1.165, 1.54) is 6.92 Å². The lowest BCUT2D eigenvalue weighted by molar-refractivity contribution is -0.301. The highest BCUT2D eigenvalue weighted by Crippen LogP contribution is 2.62. The summed E-state index contributed by atoms with van der Waals surface area (Å²) < 4.78 is 5.70. The van der Waals surface area contributed by atoms with E-state index < -0.39 is 11.7 Å². The van der Waals surface area contributed by atoms with Crippen molar-refractivity contribution >= 4 is 5.97 Å². The Labute approximate surface area is 138 Å². The number of hydrogen-bond acceptors (Lipinski definition) is 5. The van der Waals surface area contributed by atoms with E-state index in [1.807, 2.05) is 0 Å². The minimum absolute atomic E-state index is 0.166. The molecule has 2 heterocycles. The monoisotopic (exact) mass is 323 g/mol. The highest BCUT2D eigenvalue weighted by atomic mass is 16.5. The standard InChI is InChI=1S/C18H29NO4/c1-11-10-17-13-5-3-7-19(17)8-4-6-18(17,22)14(16(11)21)9-15(13)23-12(2)20/h11,13-16,21-22H,3-10H2,1-2H3/t11-,13+,14+,15?,16+,17-,18-/m0/s1. The van der Waals surface area contributed by atoms with Crippen LogP contribution in [0.25, 0.3) is 0 Å². The fraction of sp³-hybridized carbons (Fsp3) is 0.944. The van der Waals surface area contributed by atoms with Gasteiger partial charge in [-0.25, -0.2) is 0 Å². The smallest absolute Gasteiger partial charge is 0.302 e. The van der Waals surface area contributed by atoms with Crippen LogP contribution in [0.15, 0.2) is 0 Å². The lowest BCUT2D eigenvalue weighted by Gasteiger charge is -2.72. The zero-order valence-corrected chi connectivity index (χ0v) is 14.2. The topological polar surface area (TPSA) is 70.0 Å². The van der Waals surface area contributed by atoms with Crippen molar-refractivity contribution in [2.75, 3.05) is 13.1 Å². The highest BCUT2D eigenvalue weighted by Gasteiger charge is 2.72. The van der Waals surface area contributed by atoms with E-state index >= 15 is 0 Å². The molecule has 23 heavy (non-hydrogen) atoms. The van der Waals surface area contributed by atoms with Gasteiger partial charge >= 0.3 is 5.97 Å². The molecule has 4 aliphatic rings. The quantitative estimate of drug-likeness (QED) is 0.712. The third-order valence-electron chi connectivity index (χ3n) is 7.35. The molecule has 4 fully saturated rings. The molecule has 1 unspecified atom stereocenters. The van der Waals surface area contributed by atoms with Crippen LogP contribution in [-0.2, 0) is 9.53 Å². The normalized spacial score (nSPS) is 52.6. The van der Waals surface area contributed by atoms with Gasteiger partial charge in [0.2, 0.25) is 0 Å². The molecule has 0 amide bonds. The first-order valence-corrected chi connectivity index (χ1v) is 9.23. The molecule has 0 radical (unpaired) electrons. The maximum Gasteiger partial charge on any atom is 0.302 e. The van der Waals surface area contributed by atoms with Crippen LogP contribution in [0, 0.1) is 17.8 Å². The number of piperidine rings is 2. The van der Waals surface area contributed by atoms with Crippen LogP contribution in [0.1, 0.15) is 52.4 Å². The van der Waals surface area contributed by atoms with Crippen molar-refractivity contribution in [3.05, 3.63) is 0 Å². The molecule has 7 atom stereocenters. The number of carbonyl (C=O) groups excluding carboxylic acids is 1. The summed E-state index contributed by atoms with van der Waals surface area (Å²) in [5.74, 6) is -0.0606. The number of rotatable bonds is 1. The molecule has 130 valence electrons. The number of aliphatic hydroxyl groups excluding tert-OH is 1. The summed E-state index contributed by atoms with van der Waals surface area (Å²) in [5, 5.41) is 22.6. The summed E-state index contributed by atoms with van der Waals surface area (Å²) in [6, 6.07) is 0. The van der Waals surface area contributed by atoms with Crippen LogP contribution < -0.4 is 0 Å². The summed E-state index contributed by atoms with van der Waals surface area (Å²) >= 11 is 0. The highest BCUT2D eigenvalue weighted by molar-refractivity contribution is 5.66. The van der Waals surface area contributed by atoms with Gasteiger partial charge in [0.15, 0.2) is 0 Å². The maximum atomic E-state index is 11.8. The Kier molecular flexibility index (Phi) is 3.56. The maximum absolute atomic E-state index is 11.8. The second-order valence-electron chi connectivity index (χ2n) is 8.35. The van der Waals surface area contributed by atoms with Crippen molar-refractivity contribution in [1.82, 2.24) is 4.90 Å². The second kappa shape index (κ2) is 5.17. The predicted octanol–water partition coefficient (Wildman–Crippen LogP) is 1.31. The third kappa shape index (κ3) is 1.93. The van der Waals surface area contributed by atoms with E-state index in [1.54, 1.807) is 0 Å². The lowest BCUT2D eigenvalue weighted by Crippen LogP contribution is -2.82. The molecule has 2 aliphatic heterocycles. The van der Waals surface area contributed by atoms with Crippen molar-refractivity contribution in [3.8, 4) is 0 Å². The Bertz CT molecular complexity index is 509. The molecule has 2 saturated heterocycles. The molecule has 2 N–H and O–H groups in total. The van der Waals surface area contributed by atoms with Crippen molar-refractivity contribution in [1.29, 1.82) is 0 Å². The fourth-order valence-electron chi connectivity index (χ4n) is 6.68. The Morgan fingerprint density at radius 3 is 2.74 bits per heavy atom. The molecule has 4 rings (SSSR count). The van der Waals surface area contributed by atoms with Gasteiger partial charge in [0.25, 0.3) is 0 Å². The summed E-state index contributed by atoms with van der Waals surface area (Å²) in [7, 11) is 0. The van der Waals surface area contributed by atoms with Gasteiger partial charge in [0.05, 0.1) is 17.2 Å². The van der Waals surface area contributed by atoms with E-state index in [4.69, 9.17) is 4.74 Å². The molecule has 2 saturated carbocycles. The Morgan fingerprint density at radius 2 is 2.00 bits per heavy atom. The first-order valence-electron chi connectivity index (χ1n) is 9.23. The zero-order chi connectivity index (χ0) is 16.4. The summed E-state index contributed by atoms with van der Waals surface area (Å²) in [6.45, 7) is 5.60. The van der Waals surface area contributed by atoms with E-state index in [9.17, 15) is 15.0 Å². The van der Waals surface area contributed by atoms with E-state index in [0.717, 1.165) is 45.2 Å².